The Morgan fingerprint density at radius 3 is 2.53 bits per heavy atom. The molecule has 19 heavy (non-hydrogen) atoms. The predicted molar refractivity (Wildman–Crippen MR) is 74.8 cm³/mol. The molecule has 0 atom stereocenters. The maximum Gasteiger partial charge on any atom is 0.246 e. The third kappa shape index (κ3) is 3.11. The highest BCUT2D eigenvalue weighted by molar-refractivity contribution is 7.89. The number of halogens is 1. The van der Waals surface area contributed by atoms with E-state index in [4.69, 9.17) is 11.6 Å². The second-order valence-corrected chi connectivity index (χ2v) is 7.36. The van der Waals surface area contributed by atoms with E-state index in [1.165, 1.54) is 35.1 Å². The average molecular weight is 318 g/mol. The van der Waals surface area contributed by atoms with Crippen LogP contribution >= 0.6 is 22.9 Å². The number of hydrogen-bond donors (Lipinski definition) is 0. The Bertz CT molecular complexity index is 668. The number of sulfonamides is 1. The maximum atomic E-state index is 12.3. The van der Waals surface area contributed by atoms with Crippen LogP contribution in [-0.4, -0.2) is 29.7 Å². The zero-order chi connectivity index (χ0) is 14.0. The molecule has 0 radical (unpaired) electrons. The summed E-state index contributed by atoms with van der Waals surface area (Å²) in [6.07, 6.45) is 2.42. The fourth-order valence-electron chi connectivity index (χ4n) is 1.47. The van der Waals surface area contributed by atoms with Crippen molar-refractivity contribution in [2.75, 3.05) is 7.05 Å². The molecule has 0 N–H and O–H groups in total. The lowest BCUT2D eigenvalue weighted by atomic mass is 10.3. The third-order valence-corrected chi connectivity index (χ3v) is 5.60. The molecular weight excluding hydrogens is 306 g/mol. The lowest BCUT2D eigenvalue weighted by Gasteiger charge is -2.16. The van der Waals surface area contributed by atoms with Crippen molar-refractivity contribution in [3.05, 3.63) is 39.6 Å². The zero-order valence-corrected chi connectivity index (χ0v) is 12.8. The molecule has 0 aliphatic heterocycles. The molecule has 0 aliphatic carbocycles. The molecule has 0 aliphatic rings. The van der Waals surface area contributed by atoms with Gasteiger partial charge in [0.25, 0.3) is 0 Å². The standard InChI is InChI=1S/C11H12ClN3O2S2/c1-8-3-4-18-10(8)7-15(2)19(16,17)9-5-13-11(12)14-6-9/h3-6H,7H2,1-2H3. The molecule has 2 heterocycles. The molecule has 0 saturated carbocycles. The molecule has 0 bridgehead atoms. The fraction of sp³-hybridized carbons (Fsp3) is 0.273. The molecule has 2 aromatic rings. The summed E-state index contributed by atoms with van der Waals surface area (Å²) in [6.45, 7) is 2.28. The van der Waals surface area contributed by atoms with Crippen molar-refractivity contribution in [2.45, 2.75) is 18.4 Å². The van der Waals surface area contributed by atoms with Gasteiger partial charge in [0.1, 0.15) is 4.90 Å². The van der Waals surface area contributed by atoms with Crippen LogP contribution in [0.3, 0.4) is 0 Å². The topological polar surface area (TPSA) is 63.2 Å². The summed E-state index contributed by atoms with van der Waals surface area (Å²) >= 11 is 7.08. The number of hydrogen-bond acceptors (Lipinski definition) is 5. The van der Waals surface area contributed by atoms with Gasteiger partial charge in [0.2, 0.25) is 15.3 Å². The van der Waals surface area contributed by atoms with Crippen molar-refractivity contribution in [3.63, 3.8) is 0 Å². The molecule has 2 aromatic heterocycles. The van der Waals surface area contributed by atoms with Gasteiger partial charge in [0.05, 0.1) is 12.4 Å². The molecule has 0 spiro atoms. The van der Waals surface area contributed by atoms with Gasteiger partial charge in [-0.25, -0.2) is 18.4 Å². The van der Waals surface area contributed by atoms with Gasteiger partial charge in [0, 0.05) is 18.5 Å². The van der Waals surface area contributed by atoms with E-state index in [2.05, 4.69) is 9.97 Å². The molecule has 0 amide bonds. The number of thiophene rings is 1. The van der Waals surface area contributed by atoms with E-state index in [0.717, 1.165) is 10.4 Å². The number of nitrogens with zero attached hydrogens (tertiary/aromatic N) is 3. The summed E-state index contributed by atoms with van der Waals surface area (Å²) in [7, 11) is -2.06. The van der Waals surface area contributed by atoms with Crippen LogP contribution in [0.1, 0.15) is 10.4 Å². The molecule has 8 heteroatoms. The van der Waals surface area contributed by atoms with Gasteiger partial charge >= 0.3 is 0 Å². The highest BCUT2D eigenvalue weighted by atomic mass is 35.5. The number of aryl methyl sites for hydroxylation is 1. The van der Waals surface area contributed by atoms with Gasteiger partial charge in [-0.15, -0.1) is 11.3 Å². The first-order valence-corrected chi connectivity index (χ1v) is 8.08. The van der Waals surface area contributed by atoms with E-state index in [9.17, 15) is 8.42 Å². The van der Waals surface area contributed by atoms with E-state index in [1.807, 2.05) is 18.4 Å². The Morgan fingerprint density at radius 2 is 2.00 bits per heavy atom. The average Bonchev–Trinajstić information content (AvgIpc) is 2.75. The van der Waals surface area contributed by atoms with Gasteiger partial charge in [-0.05, 0) is 35.5 Å². The van der Waals surface area contributed by atoms with E-state index in [-0.39, 0.29) is 10.2 Å². The van der Waals surface area contributed by atoms with Gasteiger partial charge in [-0.1, -0.05) is 0 Å². The summed E-state index contributed by atoms with van der Waals surface area (Å²) in [5, 5.41) is 1.96. The molecule has 2 rings (SSSR count). The molecule has 0 aromatic carbocycles. The molecule has 0 unspecified atom stereocenters. The van der Waals surface area contributed by atoms with Crippen LogP contribution in [0.25, 0.3) is 0 Å². The van der Waals surface area contributed by atoms with Crippen LogP contribution in [0, 0.1) is 6.92 Å². The minimum absolute atomic E-state index is 0.0238. The van der Waals surface area contributed by atoms with Gasteiger partial charge < -0.3 is 0 Å². The van der Waals surface area contributed by atoms with Crippen LogP contribution in [0.4, 0.5) is 0 Å². The molecule has 5 nitrogen and oxygen atoms in total. The fourth-order valence-corrected chi connectivity index (χ4v) is 3.64. The van der Waals surface area contributed by atoms with Crippen molar-refractivity contribution in [1.82, 2.24) is 14.3 Å². The van der Waals surface area contributed by atoms with Crippen molar-refractivity contribution in [3.8, 4) is 0 Å². The Kier molecular flexibility index (Phi) is 4.19. The monoisotopic (exact) mass is 317 g/mol. The van der Waals surface area contributed by atoms with Gasteiger partial charge in [-0.2, -0.15) is 4.31 Å². The summed E-state index contributed by atoms with van der Waals surface area (Å²) in [5.74, 6) is 0. The Labute approximate surface area is 120 Å². The molecular formula is C11H12ClN3O2S2. The Morgan fingerprint density at radius 1 is 1.37 bits per heavy atom. The van der Waals surface area contributed by atoms with Crippen LogP contribution in [0.15, 0.2) is 28.7 Å². The molecule has 102 valence electrons. The van der Waals surface area contributed by atoms with Crippen molar-refractivity contribution >= 4 is 33.0 Å². The summed E-state index contributed by atoms with van der Waals surface area (Å²) < 4.78 is 25.9. The first kappa shape index (κ1) is 14.4. The first-order chi connectivity index (χ1) is 8.91. The van der Waals surface area contributed by atoms with Crippen molar-refractivity contribution < 1.29 is 8.42 Å². The minimum Gasteiger partial charge on any atom is -0.225 e. The Balaban J connectivity index is 2.24. The quantitative estimate of drug-likeness (QED) is 0.812. The first-order valence-electron chi connectivity index (χ1n) is 5.38. The maximum absolute atomic E-state index is 12.3. The Hall–Kier alpha value is -1.02. The summed E-state index contributed by atoms with van der Waals surface area (Å²) in [4.78, 5) is 8.44. The third-order valence-electron chi connectivity index (χ3n) is 2.64. The van der Waals surface area contributed by atoms with Crippen molar-refractivity contribution in [2.24, 2.45) is 0 Å². The number of aromatic nitrogens is 2. The largest absolute Gasteiger partial charge is 0.246 e. The zero-order valence-electron chi connectivity index (χ0n) is 10.4. The van der Waals surface area contributed by atoms with Gasteiger partial charge in [0.15, 0.2) is 0 Å². The van der Waals surface area contributed by atoms with E-state index in [0.29, 0.717) is 6.54 Å². The molecule has 0 fully saturated rings. The second-order valence-electron chi connectivity index (χ2n) is 3.98. The second kappa shape index (κ2) is 5.54. The van der Waals surface area contributed by atoms with Crippen LogP contribution in [-0.2, 0) is 16.6 Å². The lowest BCUT2D eigenvalue weighted by molar-refractivity contribution is 0.468. The van der Waals surface area contributed by atoms with E-state index in [1.54, 1.807) is 0 Å². The van der Waals surface area contributed by atoms with Crippen LogP contribution in [0.2, 0.25) is 5.28 Å². The number of rotatable bonds is 4. The SMILES string of the molecule is Cc1ccsc1CN(C)S(=O)(=O)c1cnc(Cl)nc1. The highest BCUT2D eigenvalue weighted by Gasteiger charge is 2.22. The highest BCUT2D eigenvalue weighted by Crippen LogP contribution is 2.21. The van der Waals surface area contributed by atoms with Crippen molar-refractivity contribution in [1.29, 1.82) is 0 Å². The normalized spacial score (nSPS) is 12.0. The summed E-state index contributed by atoms with van der Waals surface area (Å²) in [5.41, 5.74) is 1.08. The van der Waals surface area contributed by atoms with Gasteiger partial charge in [-0.3, -0.25) is 0 Å². The van der Waals surface area contributed by atoms with Crippen LogP contribution < -0.4 is 0 Å². The van der Waals surface area contributed by atoms with E-state index >= 15 is 0 Å². The smallest absolute Gasteiger partial charge is 0.225 e. The molecule has 0 saturated heterocycles. The summed E-state index contributed by atoms with van der Waals surface area (Å²) in [6, 6.07) is 1.96. The predicted octanol–water partition coefficient (Wildman–Crippen LogP) is 2.32. The minimum atomic E-state index is -3.59. The van der Waals surface area contributed by atoms with E-state index < -0.39 is 10.0 Å². The lowest BCUT2D eigenvalue weighted by Crippen LogP contribution is -2.26. The van der Waals surface area contributed by atoms with Crippen LogP contribution in [0.5, 0.6) is 0 Å².